The van der Waals surface area contributed by atoms with Crippen LogP contribution in [0.3, 0.4) is 0 Å². The maximum absolute atomic E-state index is 12.7. The Morgan fingerprint density at radius 2 is 1.79 bits per heavy atom. The predicted molar refractivity (Wildman–Crippen MR) is 219 cm³/mol. The Labute approximate surface area is 358 Å². The zero-order valence-corrected chi connectivity index (χ0v) is 36.9. The number of aliphatic imine (C=N–C) groups is 1. The lowest BCUT2D eigenvalue weighted by molar-refractivity contribution is -0.137. The predicted octanol–water partition coefficient (Wildman–Crippen LogP) is -2.14. The first-order valence-electron chi connectivity index (χ1n) is 18.3. The Balaban J connectivity index is 1.41. The molecule has 0 saturated carbocycles. The van der Waals surface area contributed by atoms with Crippen molar-refractivity contribution in [1.29, 1.82) is 0 Å². The highest BCUT2D eigenvalue weighted by molar-refractivity contribution is 8.13. The number of ether oxygens (including phenoxy) is 1. The van der Waals surface area contributed by atoms with Gasteiger partial charge in [0.1, 0.15) is 36.3 Å². The lowest BCUT2D eigenvalue weighted by atomic mass is 9.87. The van der Waals surface area contributed by atoms with E-state index in [1.165, 1.54) is 13.8 Å². The fourth-order valence-electron chi connectivity index (χ4n) is 5.25. The van der Waals surface area contributed by atoms with Crippen LogP contribution in [0, 0.1) is 5.41 Å². The van der Waals surface area contributed by atoms with E-state index in [1.807, 2.05) is 0 Å². The number of nitrogens with zero attached hydrogens (tertiary/aromatic N) is 5. The van der Waals surface area contributed by atoms with Crippen molar-refractivity contribution in [2.45, 2.75) is 69.8 Å². The van der Waals surface area contributed by atoms with Gasteiger partial charge in [0.05, 0.1) is 25.6 Å². The van der Waals surface area contributed by atoms with Crippen LogP contribution in [0.2, 0.25) is 0 Å². The fourth-order valence-corrected chi connectivity index (χ4v) is 8.82. The smallest absolute Gasteiger partial charge is 0.386 e. The molecule has 8 atom stereocenters. The monoisotopic (exact) mass is 963 g/mol. The molecule has 2 aromatic rings. The number of anilines is 1. The molecule has 2 amide bonds. The fraction of sp³-hybridized carbons (Fsp3) is 0.633. The Morgan fingerprint density at radius 1 is 1.10 bits per heavy atom. The van der Waals surface area contributed by atoms with Gasteiger partial charge in [0.2, 0.25) is 16.9 Å². The number of phosphoric acid groups is 3. The van der Waals surface area contributed by atoms with Gasteiger partial charge in [-0.25, -0.2) is 28.6 Å². The normalized spacial score (nSPS) is 21.4. The zero-order valence-electron chi connectivity index (χ0n) is 33.4. The number of aliphatic hydroxyl groups is 2. The highest BCUT2D eigenvalue weighted by atomic mass is 32.2. The minimum absolute atomic E-state index is 0.0231. The second kappa shape index (κ2) is 23.5. The molecular formula is C30H52N11O17P3S. The van der Waals surface area contributed by atoms with Crippen LogP contribution < -0.4 is 33.2 Å². The maximum atomic E-state index is 12.7. The highest BCUT2D eigenvalue weighted by Gasteiger charge is 2.50. The summed E-state index contributed by atoms with van der Waals surface area (Å²) in [5.41, 5.74) is 15.8. The molecule has 1 aliphatic rings. The van der Waals surface area contributed by atoms with Crippen molar-refractivity contribution in [1.82, 2.24) is 35.5 Å². The van der Waals surface area contributed by atoms with E-state index in [0.29, 0.717) is 25.9 Å². The molecule has 0 aliphatic carbocycles. The summed E-state index contributed by atoms with van der Waals surface area (Å²) in [6.45, 7) is 4.71. The first kappa shape index (κ1) is 52.9. The van der Waals surface area contributed by atoms with E-state index in [-0.39, 0.29) is 53.3 Å². The van der Waals surface area contributed by atoms with Crippen molar-refractivity contribution < 1.29 is 80.5 Å². The van der Waals surface area contributed by atoms with Crippen LogP contribution in [0.25, 0.3) is 11.2 Å². The molecule has 62 heavy (non-hydrogen) atoms. The van der Waals surface area contributed by atoms with Crippen molar-refractivity contribution in [2.75, 3.05) is 50.9 Å². The van der Waals surface area contributed by atoms with Gasteiger partial charge < -0.3 is 67.7 Å². The van der Waals surface area contributed by atoms with E-state index >= 15 is 0 Å². The van der Waals surface area contributed by atoms with Gasteiger partial charge in [-0.15, -0.1) is 6.58 Å². The van der Waals surface area contributed by atoms with Crippen molar-refractivity contribution >= 4 is 75.1 Å². The quantitative estimate of drug-likeness (QED) is 0.0157. The number of fused-ring (bicyclic) bond motifs is 1. The number of rotatable bonds is 26. The maximum Gasteiger partial charge on any atom is 0.481 e. The average Bonchev–Trinajstić information content (AvgIpc) is 3.75. The minimum atomic E-state index is -5.59. The number of guanidine groups is 1. The number of carbonyl (C=O) groups excluding carboxylic acids is 3. The number of nitrogens with two attached hydrogens (primary N) is 3. The number of aromatic nitrogens is 4. The molecule has 8 unspecified atom stereocenters. The number of aliphatic hydroxyl groups excluding tert-OH is 2. The Hall–Kier alpha value is -3.47. The van der Waals surface area contributed by atoms with Crippen LogP contribution >= 0.6 is 35.2 Å². The van der Waals surface area contributed by atoms with Gasteiger partial charge in [0.15, 0.2) is 23.7 Å². The number of thioether (sulfide) groups is 1. The highest BCUT2D eigenvalue weighted by Crippen LogP contribution is 2.61. The van der Waals surface area contributed by atoms with Gasteiger partial charge in [0.25, 0.3) is 0 Å². The van der Waals surface area contributed by atoms with E-state index in [0.717, 1.165) is 29.0 Å². The molecule has 2 aromatic heterocycles. The van der Waals surface area contributed by atoms with Gasteiger partial charge >= 0.3 is 23.5 Å². The van der Waals surface area contributed by atoms with Crippen LogP contribution in [0.15, 0.2) is 30.3 Å². The lowest BCUT2D eigenvalue weighted by Crippen LogP contribution is -2.46. The standard InChI is InChI=1S/C30H52N11O17P3S/c1-4-8-36-29(33)37-9-5-6-17(31)28(46)62-12-11-34-19(42)7-10-35-26(45)23(44)30(2,3)14-55-61(52,53)58-60(50,51)54-13-18-22(57-59(47,48)49)21(43)27(56-18)41-16-40-20-24(32)38-15-39-25(20)41/h4,15-18,21-23,27,43-44H,1,5-14,31H2,2-3H3,(H,34,42)(H,35,45)(H,50,51)(H,52,53)(H2,32,38,39)(H3,33,36,37)(H2,47,48,49). The van der Waals surface area contributed by atoms with Gasteiger partial charge in [0, 0.05) is 43.8 Å². The van der Waals surface area contributed by atoms with Crippen molar-refractivity contribution in [3.8, 4) is 0 Å². The Bertz CT molecular complexity index is 2040. The van der Waals surface area contributed by atoms with Crippen LogP contribution in [0.4, 0.5) is 5.82 Å². The molecule has 28 nitrogen and oxygen atoms in total. The zero-order chi connectivity index (χ0) is 46.5. The number of phosphoric ester groups is 3. The molecule has 3 heterocycles. The summed E-state index contributed by atoms with van der Waals surface area (Å²) in [5, 5.41) is 29.0. The number of carbonyl (C=O) groups is 3. The summed E-state index contributed by atoms with van der Waals surface area (Å²) in [6, 6.07) is -0.731. The van der Waals surface area contributed by atoms with E-state index in [4.69, 9.17) is 31.0 Å². The third-order valence-electron chi connectivity index (χ3n) is 8.43. The molecule has 3 rings (SSSR count). The summed E-state index contributed by atoms with van der Waals surface area (Å²) >= 11 is 0.945. The van der Waals surface area contributed by atoms with Gasteiger partial charge in [-0.05, 0) is 12.8 Å². The molecule has 0 aromatic carbocycles. The van der Waals surface area contributed by atoms with Gasteiger partial charge in [-0.2, -0.15) is 4.31 Å². The SMILES string of the molecule is C=CCNC(N)=NCCCC(N)C(=O)SCCNC(=O)CCNC(=O)C(O)C(C)(C)COP(=O)(O)OP(=O)(O)OCC1OC(n2cnc3c(N)ncnc32)C(O)C1OP(=O)(O)O. The third-order valence-corrected chi connectivity index (χ3v) is 12.5. The molecule has 32 heteroatoms. The topological polar surface area (TPSA) is 440 Å². The largest absolute Gasteiger partial charge is 0.481 e. The van der Waals surface area contributed by atoms with Crippen LogP contribution in [-0.4, -0.2) is 148 Å². The number of hydrogen-bond donors (Lipinski definition) is 12. The molecule has 15 N–H and O–H groups in total. The van der Waals surface area contributed by atoms with Crippen LogP contribution in [0.5, 0.6) is 0 Å². The molecule has 1 aliphatic heterocycles. The van der Waals surface area contributed by atoms with Crippen LogP contribution in [-0.2, 0) is 50.7 Å². The molecule has 1 fully saturated rings. The van der Waals surface area contributed by atoms with Gasteiger partial charge in [-0.1, -0.05) is 31.7 Å². The third kappa shape index (κ3) is 16.9. The number of hydrogen-bond acceptors (Lipinski definition) is 20. The van der Waals surface area contributed by atoms with E-state index in [1.54, 1.807) is 6.08 Å². The molecular weight excluding hydrogens is 911 g/mol. The van der Waals surface area contributed by atoms with Gasteiger partial charge in [-0.3, -0.25) is 37.5 Å². The molecule has 350 valence electrons. The summed E-state index contributed by atoms with van der Waals surface area (Å²) < 4.78 is 62.2. The van der Waals surface area contributed by atoms with Crippen molar-refractivity contribution in [3.05, 3.63) is 25.3 Å². The van der Waals surface area contributed by atoms with Crippen molar-refractivity contribution in [2.24, 2.45) is 21.9 Å². The average molecular weight is 964 g/mol. The first-order chi connectivity index (χ1) is 28.9. The summed E-state index contributed by atoms with van der Waals surface area (Å²) in [6.07, 6.45) is -4.50. The number of imidazole rings is 1. The summed E-state index contributed by atoms with van der Waals surface area (Å²) in [5.74, 6) is -1.05. The summed E-state index contributed by atoms with van der Waals surface area (Å²) in [7, 11) is -16.4. The lowest BCUT2D eigenvalue weighted by Gasteiger charge is -2.30. The van der Waals surface area contributed by atoms with E-state index in [2.05, 4.69) is 51.3 Å². The van der Waals surface area contributed by atoms with Crippen molar-refractivity contribution in [3.63, 3.8) is 0 Å². The number of nitrogen functional groups attached to an aromatic ring is 1. The summed E-state index contributed by atoms with van der Waals surface area (Å²) in [4.78, 5) is 92.2. The Morgan fingerprint density at radius 3 is 2.47 bits per heavy atom. The number of nitrogens with one attached hydrogen (secondary N) is 3. The molecule has 0 radical (unpaired) electrons. The molecule has 1 saturated heterocycles. The first-order valence-corrected chi connectivity index (χ1v) is 23.8. The second-order valence-corrected chi connectivity index (χ2v) is 19.3. The molecule has 0 bridgehead atoms. The number of amides is 2. The minimum Gasteiger partial charge on any atom is -0.386 e. The molecule has 0 spiro atoms. The van der Waals surface area contributed by atoms with E-state index < -0.39 is 90.6 Å². The van der Waals surface area contributed by atoms with E-state index in [9.17, 15) is 57.9 Å². The Kier molecular flexibility index (Phi) is 20.0. The second-order valence-electron chi connectivity index (χ2n) is 13.9. The van der Waals surface area contributed by atoms with Crippen LogP contribution in [0.1, 0.15) is 39.3 Å².